The van der Waals surface area contributed by atoms with E-state index in [-0.39, 0.29) is 18.3 Å². The first-order valence-corrected chi connectivity index (χ1v) is 7.39. The molecule has 2 rings (SSSR count). The Bertz CT molecular complexity index is 347. The highest BCUT2D eigenvalue weighted by Crippen LogP contribution is 2.39. The maximum Gasteiger partial charge on any atom is 0.490 e. The number of rotatable bonds is 1. The molecule has 0 amide bonds. The largest absolute Gasteiger partial charge is 0.490 e. The van der Waals surface area contributed by atoms with Crippen LogP contribution in [0.2, 0.25) is 0 Å². The van der Waals surface area contributed by atoms with E-state index in [1.807, 2.05) is 0 Å². The van der Waals surface area contributed by atoms with Crippen molar-refractivity contribution in [2.24, 2.45) is 5.50 Å². The van der Waals surface area contributed by atoms with Gasteiger partial charge in [0, 0.05) is 6.42 Å². The minimum atomic E-state index is -0.393. The van der Waals surface area contributed by atoms with Crippen molar-refractivity contribution in [3.63, 3.8) is 0 Å². The highest BCUT2D eigenvalue weighted by molar-refractivity contribution is 7.55. The predicted molar refractivity (Wildman–Crippen MR) is 70.8 cm³/mol. The van der Waals surface area contributed by atoms with E-state index < -0.39 is 7.70 Å². The van der Waals surface area contributed by atoms with Gasteiger partial charge < -0.3 is 9.31 Å². The quantitative estimate of drug-likeness (QED) is 0.563. The third-order valence-corrected chi connectivity index (χ3v) is 4.97. The molecule has 2 N–H and O–H groups in total. The highest BCUT2D eigenvalue weighted by Gasteiger charge is 2.52. The molecule has 2 aliphatic heterocycles. The monoisotopic (exact) mass is 240 g/mol. The van der Waals surface area contributed by atoms with Crippen LogP contribution in [-0.4, -0.2) is 30.3 Å². The van der Waals surface area contributed by atoms with Crippen LogP contribution >= 0.6 is 7.70 Å². The van der Waals surface area contributed by atoms with Crippen LogP contribution in [0.5, 0.6) is 0 Å². The number of hydrogen-bond donors (Lipinski definition) is 1. The summed E-state index contributed by atoms with van der Waals surface area (Å²) in [7, 11) is -0.583. The Labute approximate surface area is 99.0 Å². The molecule has 0 aromatic carbocycles. The lowest BCUT2D eigenvalue weighted by Gasteiger charge is -2.32. The van der Waals surface area contributed by atoms with Gasteiger partial charge in [-0.3, -0.25) is 0 Å². The van der Waals surface area contributed by atoms with Gasteiger partial charge in [0.15, 0.2) is 7.70 Å². The average molecular weight is 240 g/mol. The molecule has 2 heterocycles. The van der Waals surface area contributed by atoms with Crippen LogP contribution in [0.25, 0.3) is 0 Å². The zero-order valence-electron chi connectivity index (χ0n) is 10.5. The summed E-state index contributed by atoms with van der Waals surface area (Å²) in [5, 5.41) is 0. The SMILES string of the molecule is CC1(C)OB(C2=CC=[P+](N)CC2)OC1(C)C. The lowest BCUT2D eigenvalue weighted by Crippen LogP contribution is -2.41. The summed E-state index contributed by atoms with van der Waals surface area (Å²) >= 11 is 0. The van der Waals surface area contributed by atoms with Crippen molar-refractivity contribution in [1.82, 2.24) is 0 Å². The van der Waals surface area contributed by atoms with Crippen LogP contribution in [0.15, 0.2) is 11.5 Å². The summed E-state index contributed by atoms with van der Waals surface area (Å²) in [6.45, 7) is 8.32. The number of nitrogens with two attached hydrogens (primary N) is 1. The van der Waals surface area contributed by atoms with Crippen LogP contribution in [0.4, 0.5) is 0 Å². The third-order valence-electron chi connectivity index (χ3n) is 3.69. The fourth-order valence-corrected chi connectivity index (χ4v) is 2.85. The van der Waals surface area contributed by atoms with E-state index in [1.165, 1.54) is 5.47 Å². The summed E-state index contributed by atoms with van der Waals surface area (Å²) in [6.07, 6.45) is 4.14. The van der Waals surface area contributed by atoms with Gasteiger partial charge in [0.05, 0.1) is 11.2 Å². The van der Waals surface area contributed by atoms with Gasteiger partial charge in [0.2, 0.25) is 0 Å². The molecule has 1 atom stereocenters. The van der Waals surface area contributed by atoms with Gasteiger partial charge >= 0.3 is 7.12 Å². The molecule has 1 fully saturated rings. The standard InChI is InChI=1S/C11H20BNO2P/c1-10(2)11(3,4)15-12(14-10)9-5-7-16(13)8-6-9/h5,7H,6,8,13H2,1-4H3/q+1. The molecule has 0 saturated carbocycles. The van der Waals surface area contributed by atoms with E-state index in [9.17, 15) is 0 Å². The van der Waals surface area contributed by atoms with Crippen LogP contribution in [0, 0.1) is 0 Å². The molecular weight excluding hydrogens is 220 g/mol. The van der Waals surface area contributed by atoms with Crippen molar-refractivity contribution in [3.8, 4) is 0 Å². The Hall–Kier alpha value is -0.145. The third kappa shape index (κ3) is 2.12. The fraction of sp³-hybridized carbons (Fsp3) is 0.727. The Morgan fingerprint density at radius 3 is 2.25 bits per heavy atom. The number of allylic oxidation sites excluding steroid dienone is 2. The Kier molecular flexibility index (Phi) is 3.04. The van der Waals surface area contributed by atoms with Crippen molar-refractivity contribution < 1.29 is 9.31 Å². The average Bonchev–Trinajstić information content (AvgIpc) is 2.37. The summed E-state index contributed by atoms with van der Waals surface area (Å²) in [5.74, 6) is 2.10. The van der Waals surface area contributed by atoms with E-state index in [2.05, 4.69) is 39.6 Å². The molecular formula is C11H20BNO2P+. The summed E-state index contributed by atoms with van der Waals surface area (Å²) in [6, 6.07) is 0. The zero-order chi connectivity index (χ0) is 12.0. The summed E-state index contributed by atoms with van der Waals surface area (Å²) < 4.78 is 12.0. The second-order valence-electron chi connectivity index (χ2n) is 5.47. The Morgan fingerprint density at radius 2 is 1.81 bits per heavy atom. The topological polar surface area (TPSA) is 44.5 Å². The maximum atomic E-state index is 5.99. The van der Waals surface area contributed by atoms with Crippen LogP contribution < -0.4 is 5.50 Å². The maximum absolute atomic E-state index is 5.99. The molecule has 16 heavy (non-hydrogen) atoms. The number of hydrogen-bond acceptors (Lipinski definition) is 3. The van der Waals surface area contributed by atoms with E-state index in [0.717, 1.165) is 12.6 Å². The van der Waals surface area contributed by atoms with Crippen LogP contribution in [0.3, 0.4) is 0 Å². The molecule has 0 aromatic rings. The second kappa shape index (κ2) is 3.95. The van der Waals surface area contributed by atoms with Crippen molar-refractivity contribution in [2.45, 2.75) is 45.3 Å². The first kappa shape index (κ1) is 12.3. The van der Waals surface area contributed by atoms with Gasteiger partial charge in [-0.05, 0) is 39.2 Å². The molecule has 0 aromatic heterocycles. The predicted octanol–water partition coefficient (Wildman–Crippen LogP) is 2.11. The molecule has 5 heteroatoms. The molecule has 3 nitrogen and oxygen atoms in total. The minimum absolute atomic E-state index is 0.190. The van der Waals surface area contributed by atoms with Gasteiger partial charge in [-0.25, -0.2) is 0 Å². The van der Waals surface area contributed by atoms with Crippen molar-refractivity contribution >= 4 is 20.6 Å². The Balaban J connectivity index is 2.15. The minimum Gasteiger partial charge on any atom is -0.400 e. The first-order valence-electron chi connectivity index (χ1n) is 5.73. The smallest absolute Gasteiger partial charge is 0.400 e. The lowest BCUT2D eigenvalue weighted by atomic mass is 9.76. The van der Waals surface area contributed by atoms with Crippen molar-refractivity contribution in [2.75, 3.05) is 6.16 Å². The lowest BCUT2D eigenvalue weighted by molar-refractivity contribution is 0.00578. The van der Waals surface area contributed by atoms with Gasteiger partial charge in [0.25, 0.3) is 0 Å². The summed E-state index contributed by atoms with van der Waals surface area (Å²) in [4.78, 5) is 0. The first-order chi connectivity index (χ1) is 7.32. The molecule has 1 unspecified atom stereocenters. The van der Waals surface area contributed by atoms with Crippen LogP contribution in [0.1, 0.15) is 34.1 Å². The molecule has 2 aliphatic rings. The van der Waals surface area contributed by atoms with E-state index in [0.29, 0.717) is 0 Å². The summed E-state index contributed by atoms with van der Waals surface area (Å²) in [5.41, 5.74) is 6.62. The molecule has 0 radical (unpaired) electrons. The van der Waals surface area contributed by atoms with Gasteiger partial charge in [0.1, 0.15) is 12.0 Å². The molecule has 88 valence electrons. The molecule has 0 bridgehead atoms. The van der Waals surface area contributed by atoms with Gasteiger partial charge in [-0.2, -0.15) is 5.50 Å². The van der Waals surface area contributed by atoms with Gasteiger partial charge in [-0.1, -0.05) is 0 Å². The second-order valence-corrected chi connectivity index (χ2v) is 7.24. The van der Waals surface area contributed by atoms with Crippen LogP contribution in [-0.2, 0) is 9.31 Å². The highest BCUT2D eigenvalue weighted by atomic mass is 31.1. The Morgan fingerprint density at radius 1 is 1.25 bits per heavy atom. The molecule has 1 saturated heterocycles. The molecule has 0 aliphatic carbocycles. The molecule has 0 spiro atoms. The normalized spacial score (nSPS) is 29.9. The van der Waals surface area contributed by atoms with Crippen molar-refractivity contribution in [1.29, 1.82) is 0 Å². The van der Waals surface area contributed by atoms with E-state index in [1.54, 1.807) is 0 Å². The van der Waals surface area contributed by atoms with E-state index >= 15 is 0 Å². The zero-order valence-corrected chi connectivity index (χ0v) is 11.4. The van der Waals surface area contributed by atoms with E-state index in [4.69, 9.17) is 14.8 Å². The fourth-order valence-electron chi connectivity index (χ4n) is 1.80. The van der Waals surface area contributed by atoms with Crippen molar-refractivity contribution in [3.05, 3.63) is 11.5 Å². The van der Waals surface area contributed by atoms with Gasteiger partial charge in [-0.15, -0.1) is 0 Å².